The Hall–Kier alpha value is -1.22. The lowest BCUT2D eigenvalue weighted by molar-refractivity contribution is -0.384. The van der Waals surface area contributed by atoms with Crippen LogP contribution in [0.15, 0.2) is 24.3 Å². The summed E-state index contributed by atoms with van der Waals surface area (Å²) in [7, 11) is -3.42. The maximum Gasteiger partial charge on any atom is 0.269 e. The van der Waals surface area contributed by atoms with E-state index < -0.39 is 14.9 Å². The summed E-state index contributed by atoms with van der Waals surface area (Å²) in [6.07, 6.45) is 0.569. The number of non-ortho nitro benzene ring substituents is 1. The zero-order chi connectivity index (χ0) is 13.6. The number of benzene rings is 1. The van der Waals surface area contributed by atoms with Crippen LogP contribution < -0.4 is 10.5 Å². The van der Waals surface area contributed by atoms with Gasteiger partial charge in [-0.2, -0.15) is 0 Å². The van der Waals surface area contributed by atoms with Gasteiger partial charge in [-0.15, -0.1) is 12.4 Å². The second-order valence-corrected chi connectivity index (χ2v) is 5.53. The lowest BCUT2D eigenvalue weighted by Crippen LogP contribution is -2.27. The molecule has 0 heterocycles. The minimum atomic E-state index is -3.42. The summed E-state index contributed by atoms with van der Waals surface area (Å²) in [5.74, 6) is -0.199. The maximum absolute atomic E-state index is 11.6. The summed E-state index contributed by atoms with van der Waals surface area (Å²) in [6.45, 7) is 0.714. The molecule has 19 heavy (non-hydrogen) atoms. The first kappa shape index (κ1) is 17.8. The third-order valence-electron chi connectivity index (χ3n) is 2.21. The lowest BCUT2D eigenvalue weighted by atomic mass is 10.2. The van der Waals surface area contributed by atoms with Crippen molar-refractivity contribution in [2.75, 3.05) is 13.1 Å². The van der Waals surface area contributed by atoms with Gasteiger partial charge in [0.2, 0.25) is 10.0 Å². The first-order chi connectivity index (χ1) is 8.44. The average molecular weight is 310 g/mol. The van der Waals surface area contributed by atoms with Crippen LogP contribution in [0.1, 0.15) is 12.0 Å². The van der Waals surface area contributed by atoms with E-state index in [1.165, 1.54) is 24.3 Å². The van der Waals surface area contributed by atoms with Crippen LogP contribution >= 0.6 is 12.4 Å². The average Bonchev–Trinajstić information content (AvgIpc) is 2.29. The molecule has 108 valence electrons. The molecule has 1 aromatic rings. The molecule has 0 aliphatic rings. The van der Waals surface area contributed by atoms with E-state index in [0.717, 1.165) is 0 Å². The molecule has 0 amide bonds. The minimum absolute atomic E-state index is 0. The molecule has 0 radical (unpaired) electrons. The van der Waals surface area contributed by atoms with Crippen molar-refractivity contribution >= 4 is 28.1 Å². The fourth-order valence-corrected chi connectivity index (χ4v) is 2.50. The molecule has 0 aliphatic carbocycles. The number of halogens is 1. The molecule has 0 aliphatic heterocycles. The molecule has 3 N–H and O–H groups in total. The van der Waals surface area contributed by atoms with Gasteiger partial charge in [0.25, 0.3) is 5.69 Å². The number of hydrogen-bond donors (Lipinski definition) is 2. The van der Waals surface area contributed by atoms with Crippen molar-refractivity contribution in [2.24, 2.45) is 5.73 Å². The monoisotopic (exact) mass is 309 g/mol. The van der Waals surface area contributed by atoms with Crippen LogP contribution in [-0.4, -0.2) is 26.4 Å². The smallest absolute Gasteiger partial charge is 0.269 e. The molecule has 0 fully saturated rings. The highest BCUT2D eigenvalue weighted by atomic mass is 35.5. The third kappa shape index (κ3) is 6.48. The van der Waals surface area contributed by atoms with Gasteiger partial charge in [0.05, 0.1) is 10.7 Å². The second-order valence-electron chi connectivity index (χ2n) is 3.72. The molecule has 0 saturated heterocycles. The number of nitro groups is 1. The lowest BCUT2D eigenvalue weighted by Gasteiger charge is -2.05. The summed E-state index contributed by atoms with van der Waals surface area (Å²) < 4.78 is 25.6. The van der Waals surface area contributed by atoms with Gasteiger partial charge in [-0.3, -0.25) is 10.1 Å². The molecule has 0 spiro atoms. The quantitative estimate of drug-likeness (QED) is 0.439. The summed E-state index contributed by atoms with van der Waals surface area (Å²) in [5.41, 5.74) is 5.69. The van der Waals surface area contributed by atoms with E-state index >= 15 is 0 Å². The number of nitro benzene ring substituents is 1. The van der Waals surface area contributed by atoms with Crippen molar-refractivity contribution in [1.29, 1.82) is 0 Å². The van der Waals surface area contributed by atoms with E-state index in [2.05, 4.69) is 4.72 Å². The Labute approximate surface area is 117 Å². The van der Waals surface area contributed by atoms with E-state index in [4.69, 9.17) is 5.73 Å². The Morgan fingerprint density at radius 2 is 1.84 bits per heavy atom. The van der Waals surface area contributed by atoms with Crippen LogP contribution in [0, 0.1) is 10.1 Å². The maximum atomic E-state index is 11.6. The predicted molar refractivity (Wildman–Crippen MR) is 74.6 cm³/mol. The fraction of sp³-hybridized carbons (Fsp3) is 0.400. The van der Waals surface area contributed by atoms with Gasteiger partial charge >= 0.3 is 0 Å². The van der Waals surface area contributed by atoms with Gasteiger partial charge in [0.1, 0.15) is 0 Å². The Balaban J connectivity index is 0.00000324. The zero-order valence-electron chi connectivity index (χ0n) is 10.1. The van der Waals surface area contributed by atoms with E-state index in [1.54, 1.807) is 0 Å². The topological polar surface area (TPSA) is 115 Å². The first-order valence-electron chi connectivity index (χ1n) is 5.35. The Morgan fingerprint density at radius 3 is 2.32 bits per heavy atom. The highest BCUT2D eigenvalue weighted by Crippen LogP contribution is 2.13. The van der Waals surface area contributed by atoms with Crippen LogP contribution in [0.4, 0.5) is 5.69 Å². The summed E-state index contributed by atoms with van der Waals surface area (Å²) >= 11 is 0. The van der Waals surface area contributed by atoms with Crippen LogP contribution in [-0.2, 0) is 15.8 Å². The van der Waals surface area contributed by atoms with E-state index in [-0.39, 0.29) is 23.8 Å². The van der Waals surface area contributed by atoms with Gasteiger partial charge in [0.15, 0.2) is 0 Å². The van der Waals surface area contributed by atoms with Crippen molar-refractivity contribution in [3.63, 3.8) is 0 Å². The highest BCUT2D eigenvalue weighted by Gasteiger charge is 2.12. The van der Waals surface area contributed by atoms with E-state index in [0.29, 0.717) is 25.1 Å². The Bertz CT molecular complexity index is 504. The molecule has 0 atom stereocenters. The molecule has 0 saturated carbocycles. The Kier molecular flexibility index (Phi) is 7.53. The van der Waals surface area contributed by atoms with Crippen LogP contribution in [0.2, 0.25) is 0 Å². The standard InChI is InChI=1S/C10H15N3O4S.ClH/c11-6-1-7-12-18(16,17)8-9-2-4-10(5-3-9)13(14)15;/h2-5,12H,1,6-8,11H2;1H. The molecular weight excluding hydrogens is 294 g/mol. The Morgan fingerprint density at radius 1 is 1.26 bits per heavy atom. The normalized spacial score (nSPS) is 10.8. The molecular formula is C10H16ClN3O4S. The predicted octanol–water partition coefficient (Wildman–Crippen LogP) is 0.785. The number of hydrogen-bond acceptors (Lipinski definition) is 5. The first-order valence-corrected chi connectivity index (χ1v) is 7.00. The number of nitrogens with two attached hydrogens (primary N) is 1. The van der Waals surface area contributed by atoms with Crippen LogP contribution in [0.25, 0.3) is 0 Å². The SMILES string of the molecule is Cl.NCCCNS(=O)(=O)Cc1ccc([N+](=O)[O-])cc1. The molecule has 1 aromatic carbocycles. The van der Waals surface area contributed by atoms with Crippen molar-refractivity contribution in [3.05, 3.63) is 39.9 Å². The molecule has 9 heteroatoms. The van der Waals surface area contributed by atoms with Gasteiger partial charge in [-0.1, -0.05) is 12.1 Å². The van der Waals surface area contributed by atoms with Crippen LogP contribution in [0.3, 0.4) is 0 Å². The van der Waals surface area contributed by atoms with Gasteiger partial charge < -0.3 is 5.73 Å². The summed E-state index contributed by atoms with van der Waals surface area (Å²) in [6, 6.07) is 5.43. The molecule has 1 rings (SSSR count). The van der Waals surface area contributed by atoms with Crippen LogP contribution in [0.5, 0.6) is 0 Å². The zero-order valence-corrected chi connectivity index (χ0v) is 11.7. The van der Waals surface area contributed by atoms with E-state index in [1.807, 2.05) is 0 Å². The van der Waals surface area contributed by atoms with Gasteiger partial charge in [-0.05, 0) is 18.5 Å². The molecule has 0 aromatic heterocycles. The van der Waals surface area contributed by atoms with Crippen molar-refractivity contribution in [1.82, 2.24) is 4.72 Å². The molecule has 7 nitrogen and oxygen atoms in total. The van der Waals surface area contributed by atoms with Crippen molar-refractivity contribution < 1.29 is 13.3 Å². The van der Waals surface area contributed by atoms with Crippen molar-refractivity contribution in [2.45, 2.75) is 12.2 Å². The molecule has 0 bridgehead atoms. The fourth-order valence-electron chi connectivity index (χ4n) is 1.31. The summed E-state index contributed by atoms with van der Waals surface area (Å²) in [5, 5.41) is 10.4. The second kappa shape index (κ2) is 8.05. The van der Waals surface area contributed by atoms with Crippen molar-refractivity contribution in [3.8, 4) is 0 Å². The summed E-state index contributed by atoms with van der Waals surface area (Å²) in [4.78, 5) is 9.91. The third-order valence-corrected chi connectivity index (χ3v) is 3.56. The minimum Gasteiger partial charge on any atom is -0.330 e. The number of nitrogens with one attached hydrogen (secondary N) is 1. The van der Waals surface area contributed by atoms with Gasteiger partial charge in [-0.25, -0.2) is 13.1 Å². The molecule has 0 unspecified atom stereocenters. The number of nitrogens with zero attached hydrogens (tertiary/aromatic N) is 1. The number of rotatable bonds is 7. The highest BCUT2D eigenvalue weighted by molar-refractivity contribution is 7.88. The van der Waals surface area contributed by atoms with Gasteiger partial charge in [0, 0.05) is 18.7 Å². The van der Waals surface area contributed by atoms with E-state index in [9.17, 15) is 18.5 Å². The largest absolute Gasteiger partial charge is 0.330 e. The number of sulfonamides is 1.